The number of hydrogen-bond donors (Lipinski definition) is 1. The zero-order valence-corrected chi connectivity index (χ0v) is 14.7. The number of anilines is 1. The number of amides is 1. The Hall–Kier alpha value is -2.19. The van der Waals surface area contributed by atoms with E-state index in [4.69, 9.17) is 12.6 Å². The van der Waals surface area contributed by atoms with Gasteiger partial charge in [-0.3, -0.25) is 9.78 Å². The molecule has 0 aliphatic carbocycles. The van der Waals surface area contributed by atoms with Crippen molar-refractivity contribution in [2.45, 2.75) is 32.4 Å². The van der Waals surface area contributed by atoms with Gasteiger partial charge in [0.15, 0.2) is 14.1 Å². The molecule has 126 valence electrons. The highest BCUT2D eigenvalue weighted by Gasteiger charge is 2.21. The maximum atomic E-state index is 12.5. The third kappa shape index (κ3) is 3.07. The van der Waals surface area contributed by atoms with E-state index in [2.05, 4.69) is 15.4 Å². The van der Waals surface area contributed by atoms with Crippen LogP contribution >= 0.6 is 11.3 Å². The second-order valence-corrected chi connectivity index (χ2v) is 7.18. The van der Waals surface area contributed by atoms with Crippen LogP contribution in [0.3, 0.4) is 0 Å². The summed E-state index contributed by atoms with van der Waals surface area (Å²) in [6.07, 6.45) is 6.41. The molecule has 4 rings (SSSR count). The summed E-state index contributed by atoms with van der Waals surface area (Å²) in [5.41, 5.74) is 2.69. The smallest absolute Gasteiger partial charge is 0.267 e. The van der Waals surface area contributed by atoms with E-state index in [0.717, 1.165) is 48.0 Å². The van der Waals surface area contributed by atoms with Crippen molar-refractivity contribution < 1.29 is 9.53 Å². The molecule has 1 amide bonds. The summed E-state index contributed by atoms with van der Waals surface area (Å²) >= 11 is 1.17. The molecule has 6 nitrogen and oxygen atoms in total. The molecule has 1 fully saturated rings. The molecule has 1 aromatic carbocycles. The Kier molecular flexibility index (Phi) is 4.31. The van der Waals surface area contributed by atoms with Gasteiger partial charge < -0.3 is 10.1 Å². The molecule has 2 radical (unpaired) electrons. The quantitative estimate of drug-likeness (QED) is 0.736. The van der Waals surface area contributed by atoms with Gasteiger partial charge in [-0.25, -0.2) is 4.68 Å². The van der Waals surface area contributed by atoms with Crippen LogP contribution in [0.5, 0.6) is 0 Å². The fraction of sp³-hybridized carbons (Fsp3) is 0.353. The molecular formula is C17H17BN4O2S. The number of carbonyl (C=O) groups excluding carboxylic acids is 1. The van der Waals surface area contributed by atoms with Crippen molar-refractivity contribution in [3.05, 3.63) is 35.0 Å². The van der Waals surface area contributed by atoms with Gasteiger partial charge >= 0.3 is 0 Å². The Morgan fingerprint density at radius 1 is 1.40 bits per heavy atom. The van der Waals surface area contributed by atoms with Crippen LogP contribution in [0.4, 0.5) is 5.69 Å². The van der Waals surface area contributed by atoms with Gasteiger partial charge in [0.1, 0.15) is 4.88 Å². The highest BCUT2D eigenvalue weighted by Crippen LogP contribution is 2.31. The lowest BCUT2D eigenvalue weighted by molar-refractivity contribution is -0.0366. The number of aryl methyl sites for hydroxylation is 1. The molecule has 1 unspecified atom stereocenters. The molecule has 3 aromatic rings. The van der Waals surface area contributed by atoms with Gasteiger partial charge in [-0.1, -0.05) is 6.07 Å². The predicted molar refractivity (Wildman–Crippen MR) is 98.8 cm³/mol. The largest absolute Gasteiger partial charge is 0.356 e. The van der Waals surface area contributed by atoms with E-state index < -0.39 is 0 Å². The third-order valence-electron chi connectivity index (χ3n) is 4.40. The summed E-state index contributed by atoms with van der Waals surface area (Å²) in [6.45, 7) is 2.72. The van der Waals surface area contributed by atoms with E-state index >= 15 is 0 Å². The summed E-state index contributed by atoms with van der Waals surface area (Å²) in [5.74, 6) is -0.216. The molecule has 0 saturated carbocycles. The third-order valence-corrected chi connectivity index (χ3v) is 5.23. The predicted octanol–water partition coefficient (Wildman–Crippen LogP) is 2.55. The maximum absolute atomic E-state index is 12.5. The number of nitrogens with one attached hydrogen (secondary N) is 1. The number of thiazole rings is 1. The van der Waals surface area contributed by atoms with Crippen molar-refractivity contribution in [3.8, 4) is 0 Å². The molecule has 1 N–H and O–H groups in total. The lowest BCUT2D eigenvalue weighted by Crippen LogP contribution is -2.19. The van der Waals surface area contributed by atoms with Gasteiger partial charge in [0.2, 0.25) is 0 Å². The molecular weight excluding hydrogens is 335 g/mol. The number of benzene rings is 1. The summed E-state index contributed by atoms with van der Waals surface area (Å²) in [7, 11) is 5.62. The van der Waals surface area contributed by atoms with Crippen LogP contribution in [0.25, 0.3) is 10.9 Å². The van der Waals surface area contributed by atoms with Crippen LogP contribution in [-0.4, -0.2) is 35.1 Å². The minimum absolute atomic E-state index is 0.0428. The Bertz CT molecular complexity index is 930. The number of nitrogens with zero attached hydrogens (tertiary/aromatic N) is 3. The summed E-state index contributed by atoms with van der Waals surface area (Å²) in [4.78, 5) is 17.3. The Morgan fingerprint density at radius 2 is 2.28 bits per heavy atom. The molecule has 0 spiro atoms. The number of hydrogen-bond acceptors (Lipinski definition) is 5. The van der Waals surface area contributed by atoms with Crippen LogP contribution in [0, 0.1) is 6.92 Å². The summed E-state index contributed by atoms with van der Waals surface area (Å²) in [5, 5.41) is 8.40. The summed E-state index contributed by atoms with van der Waals surface area (Å²) < 4.78 is 7.76. The number of ether oxygens (including phenoxy) is 1. The second-order valence-electron chi connectivity index (χ2n) is 6.12. The molecule has 25 heavy (non-hydrogen) atoms. The van der Waals surface area contributed by atoms with Gasteiger partial charge in [0, 0.05) is 23.1 Å². The van der Waals surface area contributed by atoms with Crippen LogP contribution < -0.4 is 10.2 Å². The van der Waals surface area contributed by atoms with Crippen LogP contribution in [0.2, 0.25) is 0 Å². The van der Waals surface area contributed by atoms with E-state index in [1.165, 1.54) is 17.5 Å². The molecule has 1 aliphatic rings. The highest BCUT2D eigenvalue weighted by atomic mass is 32.1. The Labute approximate surface area is 150 Å². The average Bonchev–Trinajstić information content (AvgIpc) is 3.24. The number of rotatable bonds is 3. The van der Waals surface area contributed by atoms with E-state index in [-0.39, 0.29) is 12.1 Å². The zero-order valence-electron chi connectivity index (χ0n) is 13.9. The molecule has 1 atom stereocenters. The first-order valence-electron chi connectivity index (χ1n) is 8.24. The van der Waals surface area contributed by atoms with Crippen molar-refractivity contribution in [1.82, 2.24) is 14.8 Å². The van der Waals surface area contributed by atoms with Gasteiger partial charge in [0.05, 0.1) is 17.4 Å². The SMILES string of the molecule is [B]c1ncc(C(=O)Nc2c(C)ccc3c2cnn3C2CCCCO2)s1. The zero-order chi connectivity index (χ0) is 17.4. The van der Waals surface area contributed by atoms with Gasteiger partial charge in [-0.15, -0.1) is 11.3 Å². The van der Waals surface area contributed by atoms with E-state index in [0.29, 0.717) is 9.78 Å². The van der Waals surface area contributed by atoms with Crippen molar-refractivity contribution in [2.24, 2.45) is 0 Å². The molecule has 3 heterocycles. The molecule has 1 saturated heterocycles. The van der Waals surface area contributed by atoms with Crippen LogP contribution in [0.15, 0.2) is 24.5 Å². The van der Waals surface area contributed by atoms with Crippen molar-refractivity contribution in [3.63, 3.8) is 0 Å². The van der Waals surface area contributed by atoms with Crippen molar-refractivity contribution in [2.75, 3.05) is 11.9 Å². The van der Waals surface area contributed by atoms with Crippen LogP contribution in [0.1, 0.15) is 40.7 Å². The topological polar surface area (TPSA) is 69.0 Å². The van der Waals surface area contributed by atoms with E-state index in [1.807, 2.05) is 23.7 Å². The first kappa shape index (κ1) is 16.3. The summed E-state index contributed by atoms with van der Waals surface area (Å²) in [6, 6.07) is 4.01. The first-order valence-corrected chi connectivity index (χ1v) is 9.06. The van der Waals surface area contributed by atoms with Crippen molar-refractivity contribution in [1.29, 1.82) is 0 Å². The van der Waals surface area contributed by atoms with Gasteiger partial charge in [-0.2, -0.15) is 5.10 Å². The Morgan fingerprint density at radius 3 is 3.00 bits per heavy atom. The fourth-order valence-corrected chi connectivity index (χ4v) is 3.69. The molecule has 1 aliphatic heterocycles. The number of carbonyl (C=O) groups is 1. The van der Waals surface area contributed by atoms with Gasteiger partial charge in [-0.05, 0) is 37.8 Å². The molecule has 2 aromatic heterocycles. The number of aromatic nitrogens is 3. The maximum Gasteiger partial charge on any atom is 0.267 e. The average molecular weight is 352 g/mol. The highest BCUT2D eigenvalue weighted by molar-refractivity contribution is 7.21. The molecule has 8 heteroatoms. The standard InChI is InChI=1S/C17H17BN4O2S/c1-10-5-6-12-11(8-20-22(12)14-4-2-3-7-24-14)15(10)21-16(23)13-9-19-17(18)25-13/h5-6,8-9,14H,2-4,7H2,1H3,(H,21,23). The number of fused-ring (bicyclic) bond motifs is 1. The lowest BCUT2D eigenvalue weighted by atomic mass is 10.1. The van der Waals surface area contributed by atoms with Crippen molar-refractivity contribution >= 4 is 46.6 Å². The van der Waals surface area contributed by atoms with Crippen LogP contribution in [-0.2, 0) is 4.74 Å². The minimum Gasteiger partial charge on any atom is -0.356 e. The van der Waals surface area contributed by atoms with Gasteiger partial charge in [0.25, 0.3) is 5.91 Å². The first-order chi connectivity index (χ1) is 12.1. The molecule has 0 bridgehead atoms. The van der Waals surface area contributed by atoms with E-state index in [9.17, 15) is 4.79 Å². The second kappa shape index (κ2) is 6.61. The Balaban J connectivity index is 1.69. The minimum atomic E-state index is -0.216. The lowest BCUT2D eigenvalue weighted by Gasteiger charge is -2.23. The normalized spacial score (nSPS) is 17.7. The van der Waals surface area contributed by atoms with E-state index in [1.54, 1.807) is 6.20 Å². The fourth-order valence-electron chi connectivity index (χ4n) is 3.11. The monoisotopic (exact) mass is 352 g/mol.